The first-order valence-electron chi connectivity index (χ1n) is 3.29. The third-order valence-corrected chi connectivity index (χ3v) is 2.27. The monoisotopic (exact) mass is 234 g/mol. The van der Waals surface area contributed by atoms with Gasteiger partial charge in [-0.25, -0.2) is 4.39 Å². The van der Waals surface area contributed by atoms with E-state index in [1.165, 1.54) is 13.2 Å². The van der Waals surface area contributed by atoms with Gasteiger partial charge in [-0.3, -0.25) is 0 Å². The average Bonchev–Trinajstić information content (AvgIpc) is 2.08. The number of hydrogen-bond donors (Lipinski definition) is 1. The van der Waals surface area contributed by atoms with Gasteiger partial charge in [-0.05, 0) is 34.5 Å². The maximum atomic E-state index is 13.0. The largest absolute Gasteiger partial charge is 0.503 e. The van der Waals surface area contributed by atoms with E-state index in [2.05, 4.69) is 15.9 Å². The summed E-state index contributed by atoms with van der Waals surface area (Å²) in [4.78, 5) is 0. The van der Waals surface area contributed by atoms with Crippen molar-refractivity contribution in [2.24, 2.45) is 0 Å². The number of methoxy groups -OCH3 is 1. The Morgan fingerprint density at radius 3 is 2.67 bits per heavy atom. The molecule has 1 N–H and O–H groups in total. The molecule has 0 aliphatic heterocycles. The Kier molecular flexibility index (Phi) is 2.57. The molecule has 0 aromatic heterocycles. The quantitative estimate of drug-likeness (QED) is 0.810. The maximum Gasteiger partial charge on any atom is 0.175 e. The van der Waals surface area contributed by atoms with Gasteiger partial charge in [0.15, 0.2) is 11.5 Å². The zero-order valence-corrected chi connectivity index (χ0v) is 8.27. The molecule has 12 heavy (non-hydrogen) atoms. The van der Waals surface area contributed by atoms with E-state index in [1.807, 2.05) is 0 Å². The molecule has 2 nitrogen and oxygen atoms in total. The summed E-state index contributed by atoms with van der Waals surface area (Å²) in [6, 6.07) is 1.44. The van der Waals surface area contributed by atoms with E-state index >= 15 is 0 Å². The highest BCUT2D eigenvalue weighted by molar-refractivity contribution is 9.10. The highest BCUT2D eigenvalue weighted by atomic mass is 79.9. The molecular formula is C8H8BrFO2. The van der Waals surface area contributed by atoms with Gasteiger partial charge in [-0.1, -0.05) is 0 Å². The van der Waals surface area contributed by atoms with E-state index in [1.54, 1.807) is 6.92 Å². The van der Waals surface area contributed by atoms with Crippen LogP contribution in [0.25, 0.3) is 0 Å². The standard InChI is InChI=1S/C8H8BrFO2/c1-4-3-5(12-2)8(11)6(9)7(4)10/h3,11H,1-2H3. The van der Waals surface area contributed by atoms with E-state index in [-0.39, 0.29) is 16.0 Å². The van der Waals surface area contributed by atoms with Gasteiger partial charge in [0.2, 0.25) is 0 Å². The number of rotatable bonds is 1. The molecule has 0 saturated heterocycles. The second kappa shape index (κ2) is 3.31. The molecular weight excluding hydrogens is 227 g/mol. The van der Waals surface area contributed by atoms with E-state index in [9.17, 15) is 9.50 Å². The second-order valence-corrected chi connectivity index (χ2v) is 3.17. The van der Waals surface area contributed by atoms with Crippen LogP contribution >= 0.6 is 15.9 Å². The summed E-state index contributed by atoms with van der Waals surface area (Å²) in [6.45, 7) is 1.60. The summed E-state index contributed by atoms with van der Waals surface area (Å²) in [5.41, 5.74) is 0.427. The lowest BCUT2D eigenvalue weighted by Crippen LogP contribution is -1.90. The molecule has 0 unspecified atom stereocenters. The minimum Gasteiger partial charge on any atom is -0.503 e. The summed E-state index contributed by atoms with van der Waals surface area (Å²) < 4.78 is 17.9. The van der Waals surface area contributed by atoms with Crippen LogP contribution in [0.5, 0.6) is 11.5 Å². The van der Waals surface area contributed by atoms with Crippen molar-refractivity contribution < 1.29 is 14.2 Å². The van der Waals surface area contributed by atoms with Crippen LogP contribution in [-0.2, 0) is 0 Å². The molecule has 0 heterocycles. The molecule has 66 valence electrons. The fourth-order valence-corrected chi connectivity index (χ4v) is 1.38. The van der Waals surface area contributed by atoms with Crippen LogP contribution in [0.3, 0.4) is 0 Å². The smallest absolute Gasteiger partial charge is 0.175 e. The van der Waals surface area contributed by atoms with Crippen molar-refractivity contribution in [3.63, 3.8) is 0 Å². The Hall–Kier alpha value is -0.770. The number of benzene rings is 1. The van der Waals surface area contributed by atoms with E-state index < -0.39 is 5.82 Å². The zero-order valence-electron chi connectivity index (χ0n) is 6.69. The molecule has 0 atom stereocenters. The van der Waals surface area contributed by atoms with Gasteiger partial charge in [-0.15, -0.1) is 0 Å². The van der Waals surface area contributed by atoms with Gasteiger partial charge in [-0.2, -0.15) is 0 Å². The van der Waals surface area contributed by atoms with Crippen molar-refractivity contribution in [1.82, 2.24) is 0 Å². The maximum absolute atomic E-state index is 13.0. The second-order valence-electron chi connectivity index (χ2n) is 2.37. The number of phenols is 1. The Labute approximate surface area is 78.1 Å². The lowest BCUT2D eigenvalue weighted by atomic mass is 10.2. The summed E-state index contributed by atoms with van der Waals surface area (Å²) in [5.74, 6) is -0.408. The van der Waals surface area contributed by atoms with Crippen molar-refractivity contribution in [3.05, 3.63) is 21.9 Å². The molecule has 0 amide bonds. The van der Waals surface area contributed by atoms with Crippen molar-refractivity contribution >= 4 is 15.9 Å². The first-order valence-corrected chi connectivity index (χ1v) is 4.08. The van der Waals surface area contributed by atoms with Crippen LogP contribution in [0.2, 0.25) is 0 Å². The number of aromatic hydroxyl groups is 1. The third-order valence-electron chi connectivity index (χ3n) is 1.55. The van der Waals surface area contributed by atoms with Crippen LogP contribution in [0.1, 0.15) is 5.56 Å². The summed E-state index contributed by atoms with van der Waals surface area (Å²) in [5, 5.41) is 9.29. The minimum atomic E-state index is -0.465. The number of phenolic OH excluding ortho intramolecular Hbond substituents is 1. The van der Waals surface area contributed by atoms with E-state index in [0.717, 1.165) is 0 Å². The van der Waals surface area contributed by atoms with E-state index in [0.29, 0.717) is 5.56 Å². The average molecular weight is 235 g/mol. The Morgan fingerprint density at radius 2 is 2.17 bits per heavy atom. The van der Waals surface area contributed by atoms with Gasteiger partial charge in [0.05, 0.1) is 11.6 Å². The Morgan fingerprint density at radius 1 is 1.58 bits per heavy atom. The van der Waals surface area contributed by atoms with Crippen LogP contribution in [0.15, 0.2) is 10.5 Å². The predicted octanol–water partition coefficient (Wildman–Crippen LogP) is 2.61. The first kappa shape index (κ1) is 9.32. The highest BCUT2D eigenvalue weighted by Gasteiger charge is 2.13. The molecule has 0 fully saturated rings. The number of ether oxygens (including phenoxy) is 1. The molecule has 0 bridgehead atoms. The summed E-state index contributed by atoms with van der Waals surface area (Å²) in [7, 11) is 1.42. The zero-order chi connectivity index (χ0) is 9.30. The van der Waals surface area contributed by atoms with Crippen molar-refractivity contribution in [2.75, 3.05) is 7.11 Å². The molecule has 0 radical (unpaired) electrons. The molecule has 4 heteroatoms. The molecule has 0 spiro atoms. The molecule has 1 aromatic carbocycles. The normalized spacial score (nSPS) is 10.0. The lowest BCUT2D eigenvalue weighted by molar-refractivity contribution is 0.368. The highest BCUT2D eigenvalue weighted by Crippen LogP contribution is 2.37. The van der Waals surface area contributed by atoms with Crippen LogP contribution < -0.4 is 4.74 Å². The minimum absolute atomic E-state index is 0.0411. The molecule has 1 rings (SSSR count). The topological polar surface area (TPSA) is 29.5 Å². The number of hydrogen-bond acceptors (Lipinski definition) is 2. The van der Waals surface area contributed by atoms with E-state index in [4.69, 9.17) is 4.74 Å². The Balaban J connectivity index is 3.39. The summed E-state index contributed by atoms with van der Waals surface area (Å²) >= 11 is 2.92. The fraction of sp³-hybridized carbons (Fsp3) is 0.250. The van der Waals surface area contributed by atoms with Crippen molar-refractivity contribution in [3.8, 4) is 11.5 Å². The lowest BCUT2D eigenvalue weighted by Gasteiger charge is -2.07. The predicted molar refractivity (Wildman–Crippen MR) is 47.1 cm³/mol. The SMILES string of the molecule is COc1cc(C)c(F)c(Br)c1O. The van der Waals surface area contributed by atoms with Crippen molar-refractivity contribution in [2.45, 2.75) is 6.92 Å². The molecule has 0 aliphatic rings. The molecule has 0 aliphatic carbocycles. The molecule has 0 saturated carbocycles. The fourth-order valence-electron chi connectivity index (χ4n) is 0.869. The third kappa shape index (κ3) is 1.39. The van der Waals surface area contributed by atoms with Crippen LogP contribution in [-0.4, -0.2) is 12.2 Å². The van der Waals surface area contributed by atoms with Gasteiger partial charge in [0.1, 0.15) is 5.82 Å². The van der Waals surface area contributed by atoms with Crippen LogP contribution in [0, 0.1) is 12.7 Å². The van der Waals surface area contributed by atoms with Gasteiger partial charge >= 0.3 is 0 Å². The Bertz CT molecular complexity index is 312. The first-order chi connectivity index (χ1) is 5.57. The number of halogens is 2. The molecule has 1 aromatic rings. The van der Waals surface area contributed by atoms with Crippen molar-refractivity contribution in [1.29, 1.82) is 0 Å². The van der Waals surface area contributed by atoms with Gasteiger partial charge in [0, 0.05) is 0 Å². The van der Waals surface area contributed by atoms with Crippen LogP contribution in [0.4, 0.5) is 4.39 Å². The van der Waals surface area contributed by atoms with Gasteiger partial charge in [0.25, 0.3) is 0 Å². The van der Waals surface area contributed by atoms with Gasteiger partial charge < -0.3 is 9.84 Å². The summed E-state index contributed by atoms with van der Waals surface area (Å²) in [6.07, 6.45) is 0. The number of aryl methyl sites for hydroxylation is 1.